The Morgan fingerprint density at radius 2 is 1.89 bits per heavy atom. The average Bonchev–Trinajstić information content (AvgIpc) is 3.31. The van der Waals surface area contributed by atoms with Gasteiger partial charge in [0.2, 0.25) is 11.7 Å². The number of nitrogens with one attached hydrogen (secondary N) is 2. The Labute approximate surface area is 207 Å². The third kappa shape index (κ3) is 5.22. The first-order valence-corrected chi connectivity index (χ1v) is 11.9. The largest absolute Gasteiger partial charge is 0.478 e. The molecule has 3 aromatic heterocycles. The van der Waals surface area contributed by atoms with E-state index in [0.717, 1.165) is 25.4 Å². The Hall–Kier alpha value is -4.20. The van der Waals surface area contributed by atoms with E-state index in [0.29, 0.717) is 0 Å². The topological polar surface area (TPSA) is 132 Å². The van der Waals surface area contributed by atoms with Crippen LogP contribution in [0.5, 0.6) is 11.6 Å². The average molecular weight is 527 g/mol. The summed E-state index contributed by atoms with van der Waals surface area (Å²) in [7, 11) is -3.21. The van der Waals surface area contributed by atoms with E-state index >= 15 is 0 Å². The van der Waals surface area contributed by atoms with E-state index in [1.807, 2.05) is 13.8 Å². The number of sulfonamides is 1. The van der Waals surface area contributed by atoms with Crippen molar-refractivity contribution in [2.75, 3.05) is 11.8 Å². The Bertz CT molecular complexity index is 1490. The summed E-state index contributed by atoms with van der Waals surface area (Å²) in [6.45, 7) is 4.25. The van der Waals surface area contributed by atoms with Gasteiger partial charge in [0, 0.05) is 26.8 Å². The zero-order valence-corrected chi connectivity index (χ0v) is 20.1. The molecule has 36 heavy (non-hydrogen) atoms. The van der Waals surface area contributed by atoms with E-state index in [-0.39, 0.29) is 35.7 Å². The van der Waals surface area contributed by atoms with Crippen molar-refractivity contribution in [2.24, 2.45) is 0 Å². The number of rotatable bonds is 8. The molecular formula is C22H25F3N6O4S. The van der Waals surface area contributed by atoms with Crippen LogP contribution in [0.15, 0.2) is 48.3 Å². The van der Waals surface area contributed by atoms with Gasteiger partial charge >= 0.3 is 6.61 Å². The minimum absolute atomic E-state index is 0. The molecule has 0 radical (unpaired) electrons. The molecule has 0 saturated heterocycles. The molecule has 0 aliphatic carbocycles. The summed E-state index contributed by atoms with van der Waals surface area (Å²) in [6, 6.07) is 3.92. The molecule has 4 rings (SSSR count). The van der Waals surface area contributed by atoms with Crippen LogP contribution in [-0.2, 0) is 10.0 Å². The maximum atomic E-state index is 14.6. The molecule has 194 valence electrons. The van der Waals surface area contributed by atoms with Crippen LogP contribution >= 0.6 is 0 Å². The lowest BCUT2D eigenvalue weighted by Gasteiger charge is -2.13. The molecule has 4 aromatic rings. The second-order valence-electron chi connectivity index (χ2n) is 6.53. The fourth-order valence-electron chi connectivity index (χ4n) is 3.16. The smallest absolute Gasteiger partial charge is 0.387 e. The first kappa shape index (κ1) is 26.4. The summed E-state index contributed by atoms with van der Waals surface area (Å²) in [5, 5.41) is 0.143. The van der Waals surface area contributed by atoms with Crippen LogP contribution in [0, 0.1) is 5.82 Å². The van der Waals surface area contributed by atoms with Gasteiger partial charge < -0.3 is 14.5 Å². The number of aromatic nitrogens is 5. The molecule has 10 nitrogen and oxygen atoms in total. The summed E-state index contributed by atoms with van der Waals surface area (Å²) in [4.78, 5) is 18.2. The van der Waals surface area contributed by atoms with Crippen molar-refractivity contribution in [3.05, 3.63) is 54.9 Å². The van der Waals surface area contributed by atoms with Gasteiger partial charge in [0.15, 0.2) is 5.82 Å². The van der Waals surface area contributed by atoms with E-state index in [2.05, 4.69) is 41.0 Å². The molecule has 0 saturated carbocycles. The lowest BCUT2D eigenvalue weighted by atomic mass is 10.1. The number of methoxy groups -OCH3 is 1. The van der Waals surface area contributed by atoms with Crippen LogP contribution in [0.4, 0.5) is 19.1 Å². The number of fused-ring (bicyclic) bond motifs is 1. The first-order valence-electron chi connectivity index (χ1n) is 10.4. The summed E-state index contributed by atoms with van der Waals surface area (Å²) in [5.41, 5.74) is -0.0909. The van der Waals surface area contributed by atoms with Gasteiger partial charge in [-0.25, -0.2) is 32.5 Å². The molecule has 2 N–H and O–H groups in total. The third-order valence-electron chi connectivity index (χ3n) is 4.53. The predicted octanol–water partition coefficient (Wildman–Crippen LogP) is 5.13. The van der Waals surface area contributed by atoms with Crippen LogP contribution < -0.4 is 14.2 Å². The quantitative estimate of drug-likeness (QED) is 0.323. The van der Waals surface area contributed by atoms with Gasteiger partial charge in [0.05, 0.1) is 18.2 Å². The SMILES string of the molecule is C=Cc1nc(NS(=O)(=O)c2c[nH]c3c(-c4ncccn4)c(F)ccc23)nc(OC)c1OC(F)F.CC.[HH].[HH]. The standard InChI is InChI=1S/C20H15F3N6O4S.C2H6.2H2/c1-3-12-16(33-19(22)23)18(32-2)28-20(27-12)29-34(30,31)13-9-26-15-10(13)5-6-11(21)14(15)17-24-7-4-8-25-17;1-2;;/h3-9,19,26H,1H2,2H3,(H,27,28,29);1-2H3;2*1H. The number of H-pyrrole nitrogens is 1. The summed E-state index contributed by atoms with van der Waals surface area (Å²) >= 11 is 0. The number of benzene rings is 1. The number of ether oxygens (including phenoxy) is 2. The van der Waals surface area contributed by atoms with Crippen molar-refractivity contribution in [3.8, 4) is 23.0 Å². The Kier molecular flexibility index (Phi) is 8.09. The predicted molar refractivity (Wildman–Crippen MR) is 131 cm³/mol. The highest BCUT2D eigenvalue weighted by molar-refractivity contribution is 7.93. The van der Waals surface area contributed by atoms with Crippen molar-refractivity contribution in [3.63, 3.8) is 0 Å². The molecule has 1 aromatic carbocycles. The second kappa shape index (κ2) is 11.0. The summed E-state index contributed by atoms with van der Waals surface area (Å²) in [5.74, 6) is -2.03. The molecule has 0 unspecified atom stereocenters. The number of nitrogens with zero attached hydrogens (tertiary/aromatic N) is 4. The molecule has 0 spiro atoms. The fraction of sp³-hybridized carbons (Fsp3) is 0.182. The molecule has 14 heteroatoms. The van der Waals surface area contributed by atoms with Crippen LogP contribution in [-0.4, -0.2) is 47.1 Å². The normalized spacial score (nSPS) is 11.1. The second-order valence-corrected chi connectivity index (χ2v) is 8.18. The highest BCUT2D eigenvalue weighted by Gasteiger charge is 2.26. The van der Waals surface area contributed by atoms with Crippen molar-refractivity contribution in [1.82, 2.24) is 24.9 Å². The zero-order valence-electron chi connectivity index (χ0n) is 19.3. The number of aromatic amines is 1. The number of alkyl halides is 2. The van der Waals surface area contributed by atoms with E-state index in [1.54, 1.807) is 6.07 Å². The molecule has 0 fully saturated rings. The molecular weight excluding hydrogens is 501 g/mol. The molecule has 0 atom stereocenters. The van der Waals surface area contributed by atoms with Gasteiger partial charge in [-0.05, 0) is 24.3 Å². The van der Waals surface area contributed by atoms with Gasteiger partial charge in [-0.1, -0.05) is 20.4 Å². The molecule has 3 heterocycles. The van der Waals surface area contributed by atoms with Gasteiger partial charge in [-0.15, -0.1) is 0 Å². The van der Waals surface area contributed by atoms with Gasteiger partial charge in [-0.2, -0.15) is 13.8 Å². The van der Waals surface area contributed by atoms with E-state index < -0.39 is 40.0 Å². The number of anilines is 1. The van der Waals surface area contributed by atoms with E-state index in [1.165, 1.54) is 18.5 Å². The number of hydrogen-bond acceptors (Lipinski definition) is 8. The monoisotopic (exact) mass is 526 g/mol. The van der Waals surface area contributed by atoms with Crippen LogP contribution in [0.25, 0.3) is 28.4 Å². The number of halogens is 3. The molecule has 0 bridgehead atoms. The van der Waals surface area contributed by atoms with E-state index in [4.69, 9.17) is 4.74 Å². The first-order chi connectivity index (χ1) is 17.2. The fourth-order valence-corrected chi connectivity index (χ4v) is 4.28. The van der Waals surface area contributed by atoms with Crippen molar-refractivity contribution < 1.29 is 33.9 Å². The van der Waals surface area contributed by atoms with Crippen molar-refractivity contribution >= 4 is 33.0 Å². The van der Waals surface area contributed by atoms with Crippen LogP contribution in [0.1, 0.15) is 22.4 Å². The molecule has 0 aliphatic heterocycles. The minimum atomic E-state index is -4.34. The highest BCUT2D eigenvalue weighted by atomic mass is 32.2. The third-order valence-corrected chi connectivity index (χ3v) is 5.89. The van der Waals surface area contributed by atoms with Crippen molar-refractivity contribution in [2.45, 2.75) is 25.4 Å². The van der Waals surface area contributed by atoms with Crippen molar-refractivity contribution in [1.29, 1.82) is 0 Å². The lowest BCUT2D eigenvalue weighted by molar-refractivity contribution is -0.0519. The lowest BCUT2D eigenvalue weighted by Crippen LogP contribution is -2.16. The highest BCUT2D eigenvalue weighted by Crippen LogP contribution is 2.34. The van der Waals surface area contributed by atoms with Gasteiger partial charge in [0.1, 0.15) is 16.4 Å². The number of hydrogen-bond donors (Lipinski definition) is 2. The summed E-state index contributed by atoms with van der Waals surface area (Å²) in [6.07, 6.45) is 5.07. The maximum Gasteiger partial charge on any atom is 0.387 e. The van der Waals surface area contributed by atoms with Gasteiger partial charge in [-0.3, -0.25) is 0 Å². The maximum absolute atomic E-state index is 14.6. The van der Waals surface area contributed by atoms with Crippen LogP contribution in [0.2, 0.25) is 0 Å². The zero-order chi connectivity index (χ0) is 26.5. The molecule has 0 aliphatic rings. The van der Waals surface area contributed by atoms with E-state index in [9.17, 15) is 21.6 Å². The Morgan fingerprint density at radius 3 is 2.50 bits per heavy atom. The Morgan fingerprint density at radius 1 is 1.19 bits per heavy atom. The summed E-state index contributed by atoms with van der Waals surface area (Å²) < 4.78 is 77.7. The Balaban J connectivity index is 0.00000176. The van der Waals surface area contributed by atoms with Gasteiger partial charge in [0.25, 0.3) is 15.9 Å². The van der Waals surface area contributed by atoms with Crippen LogP contribution in [0.3, 0.4) is 0 Å². The minimum Gasteiger partial charge on any atom is -0.478 e. The molecule has 0 amide bonds.